The van der Waals surface area contributed by atoms with E-state index in [0.717, 1.165) is 11.3 Å². The highest BCUT2D eigenvalue weighted by Gasteiger charge is 2.12. The molecule has 3 nitrogen and oxygen atoms in total. The van der Waals surface area contributed by atoms with Crippen molar-refractivity contribution < 1.29 is 9.18 Å². The summed E-state index contributed by atoms with van der Waals surface area (Å²) in [4.78, 5) is 15.1. The fraction of sp³-hybridized carbons (Fsp3) is 0.0625. The number of anilines is 1. The van der Waals surface area contributed by atoms with Crippen molar-refractivity contribution in [2.24, 2.45) is 0 Å². The van der Waals surface area contributed by atoms with Crippen molar-refractivity contribution in [3.05, 3.63) is 65.6 Å². The molecule has 4 heteroatoms. The standard InChI is InChI=1S/C16H13FN2O/c1-10-2-5-12(6-3-10)19-16(20)14-9-18-15-8-11(17)4-7-13(14)15/h2-9,18H,1H3,(H,19,20). The molecule has 3 aromatic rings. The van der Waals surface area contributed by atoms with E-state index in [0.29, 0.717) is 16.5 Å². The topological polar surface area (TPSA) is 44.9 Å². The van der Waals surface area contributed by atoms with Crippen LogP contribution in [0.5, 0.6) is 0 Å². The van der Waals surface area contributed by atoms with Crippen LogP contribution in [0.1, 0.15) is 15.9 Å². The molecule has 0 saturated carbocycles. The molecule has 0 radical (unpaired) electrons. The van der Waals surface area contributed by atoms with Gasteiger partial charge in [-0.15, -0.1) is 0 Å². The van der Waals surface area contributed by atoms with Gasteiger partial charge < -0.3 is 10.3 Å². The lowest BCUT2D eigenvalue weighted by Crippen LogP contribution is -2.11. The molecule has 20 heavy (non-hydrogen) atoms. The largest absolute Gasteiger partial charge is 0.360 e. The van der Waals surface area contributed by atoms with Gasteiger partial charge in [0, 0.05) is 22.8 Å². The Labute approximate surface area is 115 Å². The monoisotopic (exact) mass is 268 g/mol. The average Bonchev–Trinajstić information content (AvgIpc) is 2.84. The zero-order chi connectivity index (χ0) is 14.1. The third-order valence-corrected chi connectivity index (χ3v) is 3.20. The molecule has 100 valence electrons. The SMILES string of the molecule is Cc1ccc(NC(=O)c2c[nH]c3cc(F)ccc23)cc1. The van der Waals surface area contributed by atoms with Crippen LogP contribution in [-0.4, -0.2) is 10.9 Å². The number of nitrogens with one attached hydrogen (secondary N) is 2. The third kappa shape index (κ3) is 2.28. The molecule has 0 fully saturated rings. The Morgan fingerprint density at radius 1 is 1.15 bits per heavy atom. The zero-order valence-electron chi connectivity index (χ0n) is 10.9. The molecule has 1 heterocycles. The van der Waals surface area contributed by atoms with Gasteiger partial charge in [0.05, 0.1) is 5.56 Å². The van der Waals surface area contributed by atoms with Gasteiger partial charge in [-0.25, -0.2) is 4.39 Å². The van der Waals surface area contributed by atoms with Crippen LogP contribution in [0.4, 0.5) is 10.1 Å². The predicted octanol–water partition coefficient (Wildman–Crippen LogP) is 3.87. The average molecular weight is 268 g/mol. The van der Waals surface area contributed by atoms with E-state index in [-0.39, 0.29) is 11.7 Å². The summed E-state index contributed by atoms with van der Waals surface area (Å²) in [6, 6.07) is 11.9. The van der Waals surface area contributed by atoms with E-state index in [1.807, 2.05) is 31.2 Å². The summed E-state index contributed by atoms with van der Waals surface area (Å²) in [5.74, 6) is -0.545. The van der Waals surface area contributed by atoms with Crippen LogP contribution in [0.3, 0.4) is 0 Å². The lowest BCUT2D eigenvalue weighted by Gasteiger charge is -2.04. The Kier molecular flexibility index (Phi) is 2.99. The Morgan fingerprint density at radius 2 is 1.90 bits per heavy atom. The van der Waals surface area contributed by atoms with Crippen LogP contribution in [0.15, 0.2) is 48.7 Å². The molecular formula is C16H13FN2O. The number of benzene rings is 2. The third-order valence-electron chi connectivity index (χ3n) is 3.20. The number of aromatic nitrogens is 1. The molecule has 0 bridgehead atoms. The normalized spacial score (nSPS) is 10.7. The summed E-state index contributed by atoms with van der Waals surface area (Å²) >= 11 is 0. The maximum atomic E-state index is 13.1. The fourth-order valence-corrected chi connectivity index (χ4v) is 2.12. The van der Waals surface area contributed by atoms with E-state index in [9.17, 15) is 9.18 Å². The quantitative estimate of drug-likeness (QED) is 0.728. The van der Waals surface area contributed by atoms with Gasteiger partial charge in [0.2, 0.25) is 0 Å². The van der Waals surface area contributed by atoms with Gasteiger partial charge in [-0.2, -0.15) is 0 Å². The van der Waals surface area contributed by atoms with E-state index in [1.165, 1.54) is 12.1 Å². The first-order valence-electron chi connectivity index (χ1n) is 6.28. The van der Waals surface area contributed by atoms with Crippen molar-refractivity contribution in [1.29, 1.82) is 0 Å². The Balaban J connectivity index is 1.91. The molecule has 0 atom stereocenters. The number of halogens is 1. The van der Waals surface area contributed by atoms with Crippen molar-refractivity contribution in [1.82, 2.24) is 4.98 Å². The molecule has 2 N–H and O–H groups in total. The van der Waals surface area contributed by atoms with Gasteiger partial charge >= 0.3 is 0 Å². The molecule has 1 aromatic heterocycles. The number of aromatic amines is 1. The lowest BCUT2D eigenvalue weighted by molar-refractivity contribution is 0.102. The van der Waals surface area contributed by atoms with Crippen molar-refractivity contribution >= 4 is 22.5 Å². The van der Waals surface area contributed by atoms with Crippen molar-refractivity contribution in [2.45, 2.75) is 6.92 Å². The summed E-state index contributed by atoms with van der Waals surface area (Å²) in [5, 5.41) is 3.53. The van der Waals surface area contributed by atoms with Gasteiger partial charge in [0.15, 0.2) is 0 Å². The maximum absolute atomic E-state index is 13.1. The molecule has 3 rings (SSSR count). The first kappa shape index (κ1) is 12.4. The molecular weight excluding hydrogens is 255 g/mol. The highest BCUT2D eigenvalue weighted by molar-refractivity contribution is 6.12. The number of aryl methyl sites for hydroxylation is 1. The molecule has 0 aliphatic heterocycles. The second-order valence-electron chi connectivity index (χ2n) is 4.71. The van der Waals surface area contributed by atoms with Crippen molar-refractivity contribution in [3.8, 4) is 0 Å². The first-order chi connectivity index (χ1) is 9.63. The summed E-state index contributed by atoms with van der Waals surface area (Å²) in [6.07, 6.45) is 1.59. The minimum absolute atomic E-state index is 0.216. The molecule has 1 amide bonds. The Hall–Kier alpha value is -2.62. The van der Waals surface area contributed by atoms with Crippen LogP contribution in [0.25, 0.3) is 10.9 Å². The van der Waals surface area contributed by atoms with Crippen LogP contribution in [0, 0.1) is 12.7 Å². The smallest absolute Gasteiger partial charge is 0.257 e. The summed E-state index contributed by atoms with van der Waals surface area (Å²) in [7, 11) is 0. The van der Waals surface area contributed by atoms with Crippen molar-refractivity contribution in [2.75, 3.05) is 5.32 Å². The van der Waals surface area contributed by atoms with E-state index in [4.69, 9.17) is 0 Å². The number of hydrogen-bond donors (Lipinski definition) is 2. The highest BCUT2D eigenvalue weighted by atomic mass is 19.1. The fourth-order valence-electron chi connectivity index (χ4n) is 2.12. The van der Waals surface area contributed by atoms with Crippen LogP contribution in [0.2, 0.25) is 0 Å². The Morgan fingerprint density at radius 3 is 2.65 bits per heavy atom. The molecule has 0 unspecified atom stereocenters. The summed E-state index contributed by atoms with van der Waals surface area (Å²) in [5.41, 5.74) is 2.97. The zero-order valence-corrected chi connectivity index (χ0v) is 10.9. The van der Waals surface area contributed by atoms with E-state index >= 15 is 0 Å². The van der Waals surface area contributed by atoms with Crippen LogP contribution < -0.4 is 5.32 Å². The summed E-state index contributed by atoms with van der Waals surface area (Å²) < 4.78 is 13.1. The molecule has 0 aliphatic rings. The predicted molar refractivity (Wildman–Crippen MR) is 77.4 cm³/mol. The minimum Gasteiger partial charge on any atom is -0.360 e. The molecule has 2 aromatic carbocycles. The van der Waals surface area contributed by atoms with Gasteiger partial charge in [-0.3, -0.25) is 4.79 Å². The lowest BCUT2D eigenvalue weighted by atomic mass is 10.1. The van der Waals surface area contributed by atoms with Gasteiger partial charge in [-0.05, 0) is 37.3 Å². The second kappa shape index (κ2) is 4.81. The van der Waals surface area contributed by atoms with Crippen molar-refractivity contribution in [3.63, 3.8) is 0 Å². The maximum Gasteiger partial charge on any atom is 0.257 e. The second-order valence-corrected chi connectivity index (χ2v) is 4.71. The number of carbonyl (C=O) groups excluding carboxylic acids is 1. The van der Waals surface area contributed by atoms with Gasteiger partial charge in [0.25, 0.3) is 5.91 Å². The van der Waals surface area contributed by atoms with Crippen LogP contribution in [-0.2, 0) is 0 Å². The number of rotatable bonds is 2. The molecule has 0 aliphatic carbocycles. The van der Waals surface area contributed by atoms with E-state index in [1.54, 1.807) is 12.3 Å². The van der Waals surface area contributed by atoms with Gasteiger partial charge in [-0.1, -0.05) is 17.7 Å². The van der Waals surface area contributed by atoms with Gasteiger partial charge in [0.1, 0.15) is 5.82 Å². The van der Waals surface area contributed by atoms with E-state index in [2.05, 4.69) is 10.3 Å². The minimum atomic E-state index is -0.329. The number of hydrogen-bond acceptors (Lipinski definition) is 1. The molecule has 0 saturated heterocycles. The summed E-state index contributed by atoms with van der Waals surface area (Å²) in [6.45, 7) is 1.99. The number of amides is 1. The number of carbonyl (C=O) groups is 1. The highest BCUT2D eigenvalue weighted by Crippen LogP contribution is 2.20. The van der Waals surface area contributed by atoms with Crippen LogP contribution >= 0.6 is 0 Å². The Bertz CT molecular complexity index is 775. The number of H-pyrrole nitrogens is 1. The molecule has 0 spiro atoms. The van der Waals surface area contributed by atoms with E-state index < -0.39 is 0 Å². The first-order valence-corrected chi connectivity index (χ1v) is 6.28. The number of fused-ring (bicyclic) bond motifs is 1.